The molecule has 3 atom stereocenters. The standard InChI is InChI=1S/C22H22N2O2/c1-12(2)23-24-20(25)19-17-13-8-4-6-10-15(13)18(22(19,3)21(24)26)16-11-7-5-9-14(16)17/h4-11,17-20,25H,1-3H3/t17?,18?,19-,20-,22-/m1/s1. The summed E-state index contributed by atoms with van der Waals surface area (Å²) in [4.78, 5) is 13.5. The number of benzene rings is 2. The van der Waals surface area contributed by atoms with E-state index in [4.69, 9.17) is 0 Å². The molecule has 6 rings (SSSR count). The molecule has 1 aliphatic heterocycles. The van der Waals surface area contributed by atoms with Crippen molar-refractivity contribution in [1.82, 2.24) is 5.01 Å². The van der Waals surface area contributed by atoms with Crippen molar-refractivity contribution in [1.29, 1.82) is 0 Å². The van der Waals surface area contributed by atoms with Crippen molar-refractivity contribution in [3.05, 3.63) is 70.8 Å². The smallest absolute Gasteiger partial charge is 0.252 e. The van der Waals surface area contributed by atoms with Gasteiger partial charge < -0.3 is 5.11 Å². The number of hydrazone groups is 1. The van der Waals surface area contributed by atoms with Gasteiger partial charge in [0.1, 0.15) is 0 Å². The zero-order chi connectivity index (χ0) is 18.2. The molecule has 1 amide bonds. The van der Waals surface area contributed by atoms with Crippen LogP contribution in [0.1, 0.15) is 54.9 Å². The molecule has 0 radical (unpaired) electrons. The minimum absolute atomic E-state index is 0.00807. The Balaban J connectivity index is 1.81. The highest BCUT2D eigenvalue weighted by molar-refractivity contribution is 5.91. The second kappa shape index (κ2) is 5.04. The molecule has 0 saturated carbocycles. The van der Waals surface area contributed by atoms with Gasteiger partial charge >= 0.3 is 0 Å². The maximum atomic E-state index is 13.5. The highest BCUT2D eigenvalue weighted by Gasteiger charge is 2.68. The van der Waals surface area contributed by atoms with Gasteiger partial charge in [-0.25, -0.2) is 5.01 Å². The Morgan fingerprint density at radius 3 is 2.00 bits per heavy atom. The van der Waals surface area contributed by atoms with E-state index in [0.29, 0.717) is 0 Å². The number of amides is 1. The summed E-state index contributed by atoms with van der Waals surface area (Å²) in [5.41, 5.74) is 4.99. The first-order valence-electron chi connectivity index (χ1n) is 9.17. The molecular formula is C22H22N2O2. The fourth-order valence-electron chi connectivity index (χ4n) is 5.61. The summed E-state index contributed by atoms with van der Waals surface area (Å²) in [6.45, 7) is 5.72. The quantitative estimate of drug-likeness (QED) is 0.804. The third kappa shape index (κ3) is 1.68. The van der Waals surface area contributed by atoms with Crippen LogP contribution in [0.2, 0.25) is 0 Å². The van der Waals surface area contributed by atoms with Gasteiger partial charge in [0.25, 0.3) is 5.91 Å². The summed E-state index contributed by atoms with van der Waals surface area (Å²) in [6.07, 6.45) is -0.906. The summed E-state index contributed by atoms with van der Waals surface area (Å²) in [7, 11) is 0. The van der Waals surface area contributed by atoms with E-state index >= 15 is 0 Å². The van der Waals surface area contributed by atoms with E-state index in [1.165, 1.54) is 27.3 Å². The Bertz CT molecular complexity index is 915. The molecule has 3 aliphatic carbocycles. The highest BCUT2D eigenvalue weighted by Crippen LogP contribution is 2.67. The normalized spacial score (nSPS) is 33.5. The van der Waals surface area contributed by atoms with Gasteiger partial charge in [0, 0.05) is 23.5 Å². The van der Waals surface area contributed by atoms with E-state index in [9.17, 15) is 9.90 Å². The van der Waals surface area contributed by atoms with Gasteiger partial charge in [-0.05, 0) is 43.0 Å². The largest absolute Gasteiger partial charge is 0.371 e. The molecule has 0 spiro atoms. The SMILES string of the molecule is CC(C)=NN1C(=O)[C@]2(C)C3c4ccccc4C(c4ccccc43)[C@@H]2[C@H]1O. The molecule has 0 unspecified atom stereocenters. The van der Waals surface area contributed by atoms with E-state index in [1.807, 2.05) is 32.9 Å². The van der Waals surface area contributed by atoms with Crippen LogP contribution in [0.5, 0.6) is 0 Å². The molecule has 2 aromatic carbocycles. The van der Waals surface area contributed by atoms with Crippen LogP contribution in [-0.2, 0) is 4.79 Å². The molecule has 2 aromatic rings. The molecule has 1 fully saturated rings. The fourth-order valence-corrected chi connectivity index (χ4v) is 5.61. The highest BCUT2D eigenvalue weighted by atomic mass is 16.3. The molecule has 1 N–H and O–H groups in total. The van der Waals surface area contributed by atoms with Gasteiger partial charge in [0.05, 0.1) is 5.41 Å². The number of carbonyl (C=O) groups excluding carboxylic acids is 1. The molecule has 2 bridgehead atoms. The molecule has 4 aliphatic rings. The molecule has 1 heterocycles. The van der Waals surface area contributed by atoms with Gasteiger partial charge in [-0.1, -0.05) is 48.5 Å². The summed E-state index contributed by atoms with van der Waals surface area (Å²) in [6, 6.07) is 16.8. The predicted octanol–water partition coefficient (Wildman–Crippen LogP) is 3.46. The first-order valence-corrected chi connectivity index (χ1v) is 9.17. The average molecular weight is 346 g/mol. The van der Waals surface area contributed by atoms with Crippen LogP contribution in [0, 0.1) is 11.3 Å². The zero-order valence-electron chi connectivity index (χ0n) is 15.2. The van der Waals surface area contributed by atoms with Gasteiger partial charge in [0.15, 0.2) is 6.23 Å². The van der Waals surface area contributed by atoms with E-state index in [-0.39, 0.29) is 23.7 Å². The summed E-state index contributed by atoms with van der Waals surface area (Å²) in [5.74, 6) is -0.318. The third-order valence-corrected chi connectivity index (χ3v) is 6.48. The van der Waals surface area contributed by atoms with Crippen LogP contribution in [0.25, 0.3) is 0 Å². The third-order valence-electron chi connectivity index (χ3n) is 6.48. The molecule has 0 aromatic heterocycles. The van der Waals surface area contributed by atoms with E-state index in [2.05, 4.69) is 41.5 Å². The molecular weight excluding hydrogens is 324 g/mol. The van der Waals surface area contributed by atoms with Crippen molar-refractivity contribution in [3.63, 3.8) is 0 Å². The number of aliphatic hydroxyl groups excluding tert-OH is 1. The number of nitrogens with zero attached hydrogens (tertiary/aromatic N) is 2. The van der Waals surface area contributed by atoms with E-state index in [1.54, 1.807) is 0 Å². The van der Waals surface area contributed by atoms with E-state index < -0.39 is 11.6 Å². The molecule has 4 heteroatoms. The minimum atomic E-state index is -0.906. The second-order valence-corrected chi connectivity index (χ2v) is 8.09. The topological polar surface area (TPSA) is 52.9 Å². The summed E-state index contributed by atoms with van der Waals surface area (Å²) in [5, 5.41) is 16.9. The van der Waals surface area contributed by atoms with Crippen LogP contribution in [0.3, 0.4) is 0 Å². The summed E-state index contributed by atoms with van der Waals surface area (Å²) >= 11 is 0. The van der Waals surface area contributed by atoms with Gasteiger partial charge in [-0.3, -0.25) is 4.79 Å². The molecule has 26 heavy (non-hydrogen) atoms. The van der Waals surface area contributed by atoms with Crippen LogP contribution < -0.4 is 0 Å². The Kier molecular flexibility index (Phi) is 3.06. The lowest BCUT2D eigenvalue weighted by Gasteiger charge is -2.52. The zero-order valence-corrected chi connectivity index (χ0v) is 15.2. The second-order valence-electron chi connectivity index (χ2n) is 8.09. The Labute approximate surface area is 153 Å². The summed E-state index contributed by atoms with van der Waals surface area (Å²) < 4.78 is 0. The van der Waals surface area contributed by atoms with Crippen LogP contribution in [0.15, 0.2) is 53.6 Å². The molecule has 132 valence electrons. The van der Waals surface area contributed by atoms with Crippen LogP contribution in [-0.4, -0.2) is 28.0 Å². The maximum absolute atomic E-state index is 13.5. The average Bonchev–Trinajstić information content (AvgIpc) is 2.82. The number of carbonyl (C=O) groups is 1. The Morgan fingerprint density at radius 1 is 1.00 bits per heavy atom. The van der Waals surface area contributed by atoms with Crippen molar-refractivity contribution in [2.75, 3.05) is 0 Å². The lowest BCUT2D eigenvalue weighted by molar-refractivity contribution is -0.139. The first-order chi connectivity index (χ1) is 12.5. The van der Waals surface area contributed by atoms with Crippen molar-refractivity contribution < 1.29 is 9.90 Å². The van der Waals surface area contributed by atoms with Crippen molar-refractivity contribution in [2.45, 2.75) is 38.8 Å². The van der Waals surface area contributed by atoms with Crippen molar-refractivity contribution in [3.8, 4) is 0 Å². The Hall–Kier alpha value is -2.46. The van der Waals surface area contributed by atoms with Gasteiger partial charge in [0.2, 0.25) is 0 Å². The number of rotatable bonds is 1. The minimum Gasteiger partial charge on any atom is -0.371 e. The predicted molar refractivity (Wildman–Crippen MR) is 99.8 cm³/mol. The lowest BCUT2D eigenvalue weighted by atomic mass is 9.48. The monoisotopic (exact) mass is 346 g/mol. The maximum Gasteiger partial charge on any atom is 0.252 e. The number of hydrogen-bond donors (Lipinski definition) is 1. The fraction of sp³-hybridized carbons (Fsp3) is 0.364. The number of hydrogen-bond acceptors (Lipinski definition) is 3. The molecule has 1 saturated heterocycles. The van der Waals surface area contributed by atoms with Crippen molar-refractivity contribution >= 4 is 11.6 Å². The van der Waals surface area contributed by atoms with Crippen LogP contribution >= 0.6 is 0 Å². The van der Waals surface area contributed by atoms with Gasteiger partial charge in [-0.2, -0.15) is 5.10 Å². The van der Waals surface area contributed by atoms with E-state index in [0.717, 1.165) is 5.71 Å². The Morgan fingerprint density at radius 2 is 1.50 bits per heavy atom. The van der Waals surface area contributed by atoms with Gasteiger partial charge in [-0.15, -0.1) is 0 Å². The molecule has 4 nitrogen and oxygen atoms in total. The lowest BCUT2D eigenvalue weighted by Crippen LogP contribution is -2.49. The van der Waals surface area contributed by atoms with Crippen molar-refractivity contribution in [2.24, 2.45) is 16.4 Å². The number of aliphatic hydroxyl groups is 1. The first kappa shape index (κ1) is 15.8. The van der Waals surface area contributed by atoms with Crippen LogP contribution in [0.4, 0.5) is 0 Å².